The number of hydrogen-bond donors (Lipinski definition) is 1. The van der Waals surface area contributed by atoms with Crippen molar-refractivity contribution in [2.75, 3.05) is 23.8 Å². The maximum absolute atomic E-state index is 4.71. The average molecular weight is 290 g/mol. The third-order valence-electron chi connectivity index (χ3n) is 4.27. The molecule has 1 fully saturated rings. The van der Waals surface area contributed by atoms with Crippen molar-refractivity contribution in [1.29, 1.82) is 0 Å². The van der Waals surface area contributed by atoms with Crippen LogP contribution in [0.2, 0.25) is 0 Å². The summed E-state index contributed by atoms with van der Waals surface area (Å²) in [4.78, 5) is 11.5. The monoisotopic (exact) mass is 290 g/mol. The topological polar surface area (TPSA) is 41.1 Å². The Balaban J connectivity index is 2.03. The van der Waals surface area contributed by atoms with E-state index in [2.05, 4.69) is 42.2 Å². The van der Waals surface area contributed by atoms with Crippen LogP contribution in [0.15, 0.2) is 6.07 Å². The molecule has 118 valence electrons. The van der Waals surface area contributed by atoms with Gasteiger partial charge in [0.25, 0.3) is 0 Å². The second-order valence-corrected chi connectivity index (χ2v) is 6.30. The molecule has 21 heavy (non-hydrogen) atoms. The van der Waals surface area contributed by atoms with Gasteiger partial charge in [0.2, 0.25) is 5.95 Å². The third-order valence-corrected chi connectivity index (χ3v) is 4.27. The maximum Gasteiger partial charge on any atom is 0.225 e. The average Bonchev–Trinajstić information content (AvgIpc) is 2.72. The fourth-order valence-electron chi connectivity index (χ4n) is 2.93. The minimum absolute atomic E-state index is 0.545. The van der Waals surface area contributed by atoms with Crippen LogP contribution in [0.5, 0.6) is 0 Å². The molecule has 2 rings (SSSR count). The third kappa shape index (κ3) is 5.18. The number of aryl methyl sites for hydroxylation is 1. The normalized spacial score (nSPS) is 16.5. The van der Waals surface area contributed by atoms with Crippen molar-refractivity contribution in [1.82, 2.24) is 9.97 Å². The highest BCUT2D eigenvalue weighted by atomic mass is 15.2. The highest BCUT2D eigenvalue weighted by Gasteiger charge is 2.14. The fraction of sp³-hybridized carbons (Fsp3) is 0.765. The molecule has 0 spiro atoms. The molecule has 0 radical (unpaired) electrons. The summed E-state index contributed by atoms with van der Waals surface area (Å²) < 4.78 is 0. The molecule has 4 heteroatoms. The standard InChI is InChI=1S/C17H30N4/c1-4-5-12-21(3)16-13-14(2)18-17(20-16)19-15-10-8-6-7-9-11-15/h13,15H,4-12H2,1-3H3,(H,18,19,20). The second-order valence-electron chi connectivity index (χ2n) is 6.30. The molecule has 1 aliphatic carbocycles. The van der Waals surface area contributed by atoms with E-state index in [0.717, 1.165) is 24.0 Å². The van der Waals surface area contributed by atoms with E-state index in [4.69, 9.17) is 4.98 Å². The summed E-state index contributed by atoms with van der Waals surface area (Å²) >= 11 is 0. The molecule has 1 heterocycles. The van der Waals surface area contributed by atoms with E-state index in [1.165, 1.54) is 51.4 Å². The van der Waals surface area contributed by atoms with Crippen molar-refractivity contribution in [3.8, 4) is 0 Å². The van der Waals surface area contributed by atoms with Crippen LogP contribution < -0.4 is 10.2 Å². The molecule has 0 unspecified atom stereocenters. The second kappa shape index (κ2) is 8.20. The molecule has 1 N–H and O–H groups in total. The van der Waals surface area contributed by atoms with Gasteiger partial charge in [-0.25, -0.2) is 4.98 Å². The van der Waals surface area contributed by atoms with Crippen LogP contribution in [0.4, 0.5) is 11.8 Å². The Morgan fingerprint density at radius 2 is 1.90 bits per heavy atom. The molecule has 0 aliphatic heterocycles. The molecule has 1 aliphatic rings. The van der Waals surface area contributed by atoms with Crippen LogP contribution in [0.25, 0.3) is 0 Å². The SMILES string of the molecule is CCCCN(C)c1cc(C)nc(NC2CCCCCC2)n1. The van der Waals surface area contributed by atoms with Crippen LogP contribution in [0, 0.1) is 6.92 Å². The molecule has 0 atom stereocenters. The van der Waals surface area contributed by atoms with E-state index in [1.807, 2.05) is 0 Å². The number of nitrogens with one attached hydrogen (secondary N) is 1. The number of rotatable bonds is 6. The Morgan fingerprint density at radius 3 is 2.57 bits per heavy atom. The van der Waals surface area contributed by atoms with E-state index < -0.39 is 0 Å². The van der Waals surface area contributed by atoms with Crippen molar-refractivity contribution in [2.24, 2.45) is 0 Å². The Morgan fingerprint density at radius 1 is 1.19 bits per heavy atom. The minimum atomic E-state index is 0.545. The highest BCUT2D eigenvalue weighted by Crippen LogP contribution is 2.21. The van der Waals surface area contributed by atoms with Crippen molar-refractivity contribution in [3.63, 3.8) is 0 Å². The molecule has 4 nitrogen and oxygen atoms in total. The summed E-state index contributed by atoms with van der Waals surface area (Å²) in [6.45, 7) is 5.32. The molecule has 0 bridgehead atoms. The lowest BCUT2D eigenvalue weighted by Gasteiger charge is -2.21. The highest BCUT2D eigenvalue weighted by molar-refractivity contribution is 5.44. The zero-order valence-corrected chi connectivity index (χ0v) is 13.9. The van der Waals surface area contributed by atoms with Crippen LogP contribution in [0.3, 0.4) is 0 Å². The lowest BCUT2D eigenvalue weighted by atomic mass is 10.1. The number of aromatic nitrogens is 2. The van der Waals surface area contributed by atoms with Crippen molar-refractivity contribution >= 4 is 11.8 Å². The predicted molar refractivity (Wildman–Crippen MR) is 90.1 cm³/mol. The summed E-state index contributed by atoms with van der Waals surface area (Å²) in [6, 6.07) is 2.62. The van der Waals surface area contributed by atoms with Gasteiger partial charge in [0.15, 0.2) is 0 Å². The first kappa shape index (κ1) is 16.1. The first-order chi connectivity index (χ1) is 10.2. The Labute approximate surface area is 129 Å². The largest absolute Gasteiger partial charge is 0.360 e. The van der Waals surface area contributed by atoms with Crippen LogP contribution in [-0.4, -0.2) is 29.6 Å². The molecule has 0 aromatic carbocycles. The lowest BCUT2D eigenvalue weighted by Crippen LogP contribution is -2.23. The van der Waals surface area contributed by atoms with E-state index in [0.29, 0.717) is 6.04 Å². The predicted octanol–water partition coefficient (Wildman–Crippen LogP) is 4.16. The van der Waals surface area contributed by atoms with Gasteiger partial charge in [-0.3, -0.25) is 0 Å². The first-order valence-electron chi connectivity index (χ1n) is 8.52. The Bertz CT molecular complexity index is 425. The van der Waals surface area contributed by atoms with Crippen molar-refractivity contribution in [2.45, 2.75) is 71.3 Å². The van der Waals surface area contributed by atoms with Gasteiger partial charge >= 0.3 is 0 Å². The van der Waals surface area contributed by atoms with Crippen molar-refractivity contribution in [3.05, 3.63) is 11.8 Å². The molecule has 0 amide bonds. The maximum atomic E-state index is 4.71. The number of anilines is 2. The summed E-state index contributed by atoms with van der Waals surface area (Å²) in [6.07, 6.45) is 10.3. The van der Waals surface area contributed by atoms with Crippen LogP contribution in [-0.2, 0) is 0 Å². The fourth-order valence-corrected chi connectivity index (χ4v) is 2.93. The summed E-state index contributed by atoms with van der Waals surface area (Å²) in [5.41, 5.74) is 1.04. The smallest absolute Gasteiger partial charge is 0.225 e. The molecule has 1 aromatic rings. The number of hydrogen-bond acceptors (Lipinski definition) is 4. The summed E-state index contributed by atoms with van der Waals surface area (Å²) in [5, 5.41) is 3.56. The van der Waals surface area contributed by atoms with Gasteiger partial charge in [-0.05, 0) is 26.2 Å². The van der Waals surface area contributed by atoms with Gasteiger partial charge in [-0.1, -0.05) is 39.0 Å². The first-order valence-corrected chi connectivity index (χ1v) is 8.52. The molecular weight excluding hydrogens is 260 g/mol. The van der Waals surface area contributed by atoms with Gasteiger partial charge < -0.3 is 10.2 Å². The van der Waals surface area contributed by atoms with E-state index >= 15 is 0 Å². The van der Waals surface area contributed by atoms with Gasteiger partial charge in [0.05, 0.1) is 0 Å². The zero-order valence-electron chi connectivity index (χ0n) is 13.9. The van der Waals surface area contributed by atoms with Gasteiger partial charge in [-0.2, -0.15) is 4.98 Å². The minimum Gasteiger partial charge on any atom is -0.360 e. The van der Waals surface area contributed by atoms with Gasteiger partial charge in [0, 0.05) is 31.4 Å². The molecule has 0 saturated heterocycles. The van der Waals surface area contributed by atoms with Gasteiger partial charge in [-0.15, -0.1) is 0 Å². The van der Waals surface area contributed by atoms with Crippen molar-refractivity contribution < 1.29 is 0 Å². The molecule has 1 aromatic heterocycles. The zero-order chi connectivity index (χ0) is 15.1. The molecule has 1 saturated carbocycles. The summed E-state index contributed by atoms with van der Waals surface area (Å²) in [7, 11) is 2.12. The quantitative estimate of drug-likeness (QED) is 0.799. The van der Waals surface area contributed by atoms with Crippen LogP contribution >= 0.6 is 0 Å². The van der Waals surface area contributed by atoms with E-state index in [1.54, 1.807) is 0 Å². The number of nitrogens with zero attached hydrogens (tertiary/aromatic N) is 3. The summed E-state index contributed by atoms with van der Waals surface area (Å²) in [5.74, 6) is 1.84. The molecular formula is C17H30N4. The van der Waals surface area contributed by atoms with E-state index in [-0.39, 0.29) is 0 Å². The number of unbranched alkanes of at least 4 members (excludes halogenated alkanes) is 1. The van der Waals surface area contributed by atoms with E-state index in [9.17, 15) is 0 Å². The van der Waals surface area contributed by atoms with Gasteiger partial charge in [0.1, 0.15) is 5.82 Å². The Hall–Kier alpha value is -1.32. The lowest BCUT2D eigenvalue weighted by molar-refractivity contribution is 0.614. The van der Waals surface area contributed by atoms with Crippen LogP contribution in [0.1, 0.15) is 64.0 Å². The Kier molecular flexibility index (Phi) is 6.27.